The van der Waals surface area contributed by atoms with Crippen LogP contribution in [-0.2, 0) is 4.74 Å². The van der Waals surface area contributed by atoms with Crippen LogP contribution in [0.5, 0.6) is 0 Å². The summed E-state index contributed by atoms with van der Waals surface area (Å²) in [6, 6.07) is 0.653. The number of amides is 1. The van der Waals surface area contributed by atoms with E-state index in [1.807, 2.05) is 6.92 Å². The number of hydrogen-bond acceptors (Lipinski definition) is 3. The van der Waals surface area contributed by atoms with Gasteiger partial charge in [0.25, 0.3) is 0 Å². The highest BCUT2D eigenvalue weighted by Gasteiger charge is 2.47. The molecular formula is C11H20N2O2. The van der Waals surface area contributed by atoms with Crippen LogP contribution >= 0.6 is 0 Å². The van der Waals surface area contributed by atoms with Crippen molar-refractivity contribution < 1.29 is 9.53 Å². The normalized spacial score (nSPS) is 35.2. The third-order valence-corrected chi connectivity index (χ3v) is 3.85. The van der Waals surface area contributed by atoms with Gasteiger partial charge in [0.2, 0.25) is 0 Å². The second-order valence-electron chi connectivity index (χ2n) is 4.57. The van der Waals surface area contributed by atoms with E-state index in [1.54, 1.807) is 0 Å². The van der Waals surface area contributed by atoms with Gasteiger partial charge in [0.05, 0.1) is 12.3 Å². The Morgan fingerprint density at radius 2 is 2.33 bits per heavy atom. The Kier molecular flexibility index (Phi) is 2.87. The SMILES string of the molecule is CCOC(=O)N[C@]12CCC[C@H](CC1)N2C. The van der Waals surface area contributed by atoms with Gasteiger partial charge < -0.3 is 10.1 Å². The minimum absolute atomic E-state index is 0.116. The lowest BCUT2D eigenvalue weighted by molar-refractivity contribution is 0.0448. The number of carbonyl (C=O) groups is 1. The van der Waals surface area contributed by atoms with Gasteiger partial charge in [0.15, 0.2) is 0 Å². The summed E-state index contributed by atoms with van der Waals surface area (Å²) in [5, 5.41) is 3.04. The Morgan fingerprint density at radius 1 is 1.53 bits per heavy atom. The highest BCUT2D eigenvalue weighted by atomic mass is 16.5. The Hall–Kier alpha value is -0.770. The zero-order valence-electron chi connectivity index (χ0n) is 9.58. The number of piperidine rings is 1. The van der Waals surface area contributed by atoms with Crippen LogP contribution in [-0.4, -0.2) is 36.4 Å². The van der Waals surface area contributed by atoms with Crippen LogP contribution in [0.1, 0.15) is 39.0 Å². The Morgan fingerprint density at radius 3 is 3.07 bits per heavy atom. The largest absolute Gasteiger partial charge is 0.450 e. The maximum absolute atomic E-state index is 11.5. The first-order valence-electron chi connectivity index (χ1n) is 5.86. The van der Waals surface area contributed by atoms with Gasteiger partial charge in [0.1, 0.15) is 0 Å². The molecule has 0 spiro atoms. The summed E-state index contributed by atoms with van der Waals surface area (Å²) in [5.41, 5.74) is -0.116. The summed E-state index contributed by atoms with van der Waals surface area (Å²) >= 11 is 0. The fourth-order valence-electron chi connectivity index (χ4n) is 2.96. The molecule has 2 aliphatic heterocycles. The topological polar surface area (TPSA) is 41.6 Å². The van der Waals surface area contributed by atoms with Crippen molar-refractivity contribution in [2.24, 2.45) is 0 Å². The van der Waals surface area contributed by atoms with E-state index < -0.39 is 0 Å². The summed E-state index contributed by atoms with van der Waals surface area (Å²) in [7, 11) is 2.11. The fourth-order valence-corrected chi connectivity index (χ4v) is 2.96. The summed E-state index contributed by atoms with van der Waals surface area (Å²) in [4.78, 5) is 13.8. The van der Waals surface area contributed by atoms with Gasteiger partial charge in [-0.3, -0.25) is 4.90 Å². The Balaban J connectivity index is 2.02. The maximum atomic E-state index is 11.5. The van der Waals surface area contributed by atoms with Gasteiger partial charge in [-0.05, 0) is 46.1 Å². The second-order valence-corrected chi connectivity index (χ2v) is 4.57. The quantitative estimate of drug-likeness (QED) is 0.757. The molecule has 2 heterocycles. The average molecular weight is 212 g/mol. The van der Waals surface area contributed by atoms with Crippen molar-refractivity contribution in [1.82, 2.24) is 10.2 Å². The lowest BCUT2D eigenvalue weighted by Gasteiger charge is -2.42. The summed E-state index contributed by atoms with van der Waals surface area (Å²) < 4.78 is 4.96. The van der Waals surface area contributed by atoms with Gasteiger partial charge in [-0.2, -0.15) is 0 Å². The highest BCUT2D eigenvalue weighted by Crippen LogP contribution is 2.40. The molecule has 2 aliphatic rings. The molecule has 2 bridgehead atoms. The van der Waals surface area contributed by atoms with Crippen LogP contribution in [0, 0.1) is 0 Å². The number of hydrogen-bond donors (Lipinski definition) is 1. The minimum Gasteiger partial charge on any atom is -0.450 e. The van der Waals surface area contributed by atoms with E-state index in [2.05, 4.69) is 17.3 Å². The van der Waals surface area contributed by atoms with Crippen LogP contribution in [0.4, 0.5) is 4.79 Å². The third kappa shape index (κ3) is 1.83. The lowest BCUT2D eigenvalue weighted by atomic mass is 9.98. The number of alkyl carbamates (subject to hydrolysis) is 1. The van der Waals surface area contributed by atoms with E-state index in [0.717, 1.165) is 12.8 Å². The fraction of sp³-hybridized carbons (Fsp3) is 0.909. The first kappa shape index (κ1) is 10.7. The van der Waals surface area contributed by atoms with Crippen LogP contribution < -0.4 is 5.32 Å². The molecule has 2 fully saturated rings. The van der Waals surface area contributed by atoms with Crippen molar-refractivity contribution in [2.75, 3.05) is 13.7 Å². The second kappa shape index (κ2) is 4.00. The molecule has 0 radical (unpaired) electrons. The molecule has 2 saturated heterocycles. The molecule has 4 nitrogen and oxygen atoms in total. The number of carbonyl (C=O) groups excluding carboxylic acids is 1. The van der Waals surface area contributed by atoms with Crippen LogP contribution in [0.25, 0.3) is 0 Å². The molecule has 0 aliphatic carbocycles. The molecule has 0 unspecified atom stereocenters. The maximum Gasteiger partial charge on any atom is 0.408 e. The third-order valence-electron chi connectivity index (χ3n) is 3.85. The van der Waals surface area contributed by atoms with Crippen molar-refractivity contribution in [3.8, 4) is 0 Å². The summed E-state index contributed by atoms with van der Waals surface area (Å²) in [6.45, 7) is 2.27. The van der Waals surface area contributed by atoms with E-state index in [4.69, 9.17) is 4.74 Å². The van der Waals surface area contributed by atoms with E-state index in [1.165, 1.54) is 19.3 Å². The summed E-state index contributed by atoms with van der Waals surface area (Å²) in [5.74, 6) is 0. The van der Waals surface area contributed by atoms with Crippen LogP contribution in [0.3, 0.4) is 0 Å². The molecule has 1 N–H and O–H groups in total. The summed E-state index contributed by atoms with van der Waals surface area (Å²) in [6.07, 6.45) is 5.52. The predicted molar refractivity (Wildman–Crippen MR) is 57.5 cm³/mol. The smallest absolute Gasteiger partial charge is 0.408 e. The van der Waals surface area contributed by atoms with Gasteiger partial charge in [-0.15, -0.1) is 0 Å². The molecule has 0 aromatic heterocycles. The average Bonchev–Trinajstić information content (AvgIpc) is 2.39. The van der Waals surface area contributed by atoms with E-state index in [-0.39, 0.29) is 11.8 Å². The molecule has 1 amide bonds. The first-order chi connectivity index (χ1) is 7.18. The zero-order chi connectivity index (χ0) is 10.9. The molecular weight excluding hydrogens is 192 g/mol. The van der Waals surface area contributed by atoms with Gasteiger partial charge in [-0.25, -0.2) is 4.79 Å². The standard InChI is InChI=1S/C11H20N2O2/c1-3-15-10(14)12-11-7-4-5-9(6-8-11)13(11)2/h9H,3-8H2,1-2H3,(H,12,14)/t9-,11+/m1/s1. The molecule has 2 atom stereocenters. The van der Waals surface area contributed by atoms with Crippen molar-refractivity contribution in [3.63, 3.8) is 0 Å². The molecule has 0 aromatic rings. The van der Waals surface area contributed by atoms with E-state index in [9.17, 15) is 4.79 Å². The monoisotopic (exact) mass is 212 g/mol. The van der Waals surface area contributed by atoms with Gasteiger partial charge >= 0.3 is 6.09 Å². The highest BCUT2D eigenvalue weighted by molar-refractivity contribution is 5.68. The zero-order valence-corrected chi connectivity index (χ0v) is 9.58. The number of nitrogens with one attached hydrogen (secondary N) is 1. The minimum atomic E-state index is -0.271. The van der Waals surface area contributed by atoms with E-state index in [0.29, 0.717) is 12.6 Å². The van der Waals surface area contributed by atoms with Crippen molar-refractivity contribution in [3.05, 3.63) is 0 Å². The van der Waals surface area contributed by atoms with Gasteiger partial charge in [0, 0.05) is 6.04 Å². The van der Waals surface area contributed by atoms with Gasteiger partial charge in [-0.1, -0.05) is 0 Å². The Bertz CT molecular complexity index is 253. The van der Waals surface area contributed by atoms with Crippen molar-refractivity contribution in [2.45, 2.75) is 50.7 Å². The van der Waals surface area contributed by atoms with Crippen molar-refractivity contribution >= 4 is 6.09 Å². The Labute approximate surface area is 91.0 Å². The number of rotatable bonds is 2. The number of nitrogens with zero attached hydrogens (tertiary/aromatic N) is 1. The molecule has 15 heavy (non-hydrogen) atoms. The molecule has 2 rings (SSSR count). The van der Waals surface area contributed by atoms with Crippen LogP contribution in [0.15, 0.2) is 0 Å². The first-order valence-corrected chi connectivity index (χ1v) is 5.86. The number of ether oxygens (including phenoxy) is 1. The molecule has 0 saturated carbocycles. The predicted octanol–water partition coefficient (Wildman–Crippen LogP) is 1.71. The molecule has 86 valence electrons. The van der Waals surface area contributed by atoms with Crippen LogP contribution in [0.2, 0.25) is 0 Å². The molecule has 4 heteroatoms. The molecule has 0 aromatic carbocycles. The number of fused-ring (bicyclic) bond motifs is 2. The van der Waals surface area contributed by atoms with Crippen molar-refractivity contribution in [1.29, 1.82) is 0 Å². The lowest BCUT2D eigenvalue weighted by Crippen LogP contribution is -2.59. The van der Waals surface area contributed by atoms with E-state index >= 15 is 0 Å².